The van der Waals surface area contributed by atoms with Crippen molar-refractivity contribution in [1.29, 1.82) is 0 Å². The van der Waals surface area contributed by atoms with Gasteiger partial charge < -0.3 is 16.0 Å². The molecule has 0 aromatic heterocycles. The molecule has 0 bridgehead atoms. The van der Waals surface area contributed by atoms with Gasteiger partial charge in [-0.15, -0.1) is 0 Å². The summed E-state index contributed by atoms with van der Waals surface area (Å²) in [6.07, 6.45) is 1.55. The Morgan fingerprint density at radius 1 is 1.04 bits per heavy atom. The summed E-state index contributed by atoms with van der Waals surface area (Å²) < 4.78 is 14.5. The summed E-state index contributed by atoms with van der Waals surface area (Å²) >= 11 is 0. The van der Waals surface area contributed by atoms with Crippen molar-refractivity contribution in [3.63, 3.8) is 0 Å². The van der Waals surface area contributed by atoms with Crippen LogP contribution < -0.4 is 16.0 Å². The Labute approximate surface area is 161 Å². The van der Waals surface area contributed by atoms with Gasteiger partial charge in [0.25, 0.3) is 5.91 Å². The number of carbonyl (C=O) groups is 3. The molecule has 0 spiro atoms. The number of fused-ring (bicyclic) bond motifs is 1. The molecule has 3 amide bonds. The normalized spacial score (nSPS) is 21.3. The third-order valence-corrected chi connectivity index (χ3v) is 5.21. The Bertz CT molecular complexity index is 945. The fraction of sp³-hybridized carbons (Fsp3) is 0.286. The first-order valence-electron chi connectivity index (χ1n) is 9.29. The second-order valence-electron chi connectivity index (χ2n) is 7.11. The molecule has 2 aromatic carbocycles. The number of benzene rings is 2. The van der Waals surface area contributed by atoms with Crippen molar-refractivity contribution in [2.45, 2.75) is 37.8 Å². The van der Waals surface area contributed by atoms with Crippen molar-refractivity contribution in [2.75, 3.05) is 5.32 Å². The molecule has 0 aliphatic carbocycles. The van der Waals surface area contributed by atoms with Gasteiger partial charge >= 0.3 is 0 Å². The average Bonchev–Trinajstić information content (AvgIpc) is 2.69. The molecule has 28 heavy (non-hydrogen) atoms. The molecule has 2 aliphatic heterocycles. The Balaban J connectivity index is 1.57. The Morgan fingerprint density at radius 2 is 1.82 bits per heavy atom. The Morgan fingerprint density at radius 3 is 2.61 bits per heavy atom. The number of hydrogen-bond acceptors (Lipinski definition) is 3. The molecule has 2 aromatic rings. The molecule has 144 valence electrons. The number of carbonyl (C=O) groups excluding carboxylic acids is 3. The maximum absolute atomic E-state index is 14.5. The van der Waals surface area contributed by atoms with E-state index < -0.39 is 11.7 Å². The standard InChI is InChI=1S/C21H20FN3O3/c22-15-11-17-13(6-8-18(26)23-17)10-14(15)21(28)24-16-7-9-19(27)25-20(16)12-4-2-1-3-5-12/h1-5,10-11,16,20H,6-9H2,(H,23,26)(H,24,28)(H,25,27)/t16-,20+/m1/s1. The van der Waals surface area contributed by atoms with Gasteiger partial charge in [-0.1, -0.05) is 30.3 Å². The number of anilines is 1. The lowest BCUT2D eigenvalue weighted by atomic mass is 9.91. The van der Waals surface area contributed by atoms with Crippen molar-refractivity contribution >= 4 is 23.4 Å². The van der Waals surface area contributed by atoms with Crippen LogP contribution in [0.5, 0.6) is 0 Å². The van der Waals surface area contributed by atoms with Crippen LogP contribution in [0.3, 0.4) is 0 Å². The van der Waals surface area contributed by atoms with Gasteiger partial charge in [0, 0.05) is 18.5 Å². The van der Waals surface area contributed by atoms with E-state index in [2.05, 4.69) is 16.0 Å². The van der Waals surface area contributed by atoms with Crippen LogP contribution in [0.25, 0.3) is 0 Å². The van der Waals surface area contributed by atoms with Crippen molar-refractivity contribution in [1.82, 2.24) is 10.6 Å². The summed E-state index contributed by atoms with van der Waals surface area (Å²) in [5.41, 5.74) is 1.98. The number of halogens is 1. The van der Waals surface area contributed by atoms with Crippen molar-refractivity contribution in [3.05, 3.63) is 65.0 Å². The summed E-state index contributed by atoms with van der Waals surface area (Å²) in [5.74, 6) is -1.45. The zero-order valence-electron chi connectivity index (χ0n) is 15.1. The lowest BCUT2D eigenvalue weighted by Gasteiger charge is -2.33. The first-order valence-corrected chi connectivity index (χ1v) is 9.29. The van der Waals surface area contributed by atoms with Crippen LogP contribution in [0, 0.1) is 5.82 Å². The summed E-state index contributed by atoms with van der Waals surface area (Å²) in [6.45, 7) is 0. The van der Waals surface area contributed by atoms with Crippen molar-refractivity contribution < 1.29 is 18.8 Å². The summed E-state index contributed by atoms with van der Waals surface area (Å²) in [5, 5.41) is 8.42. The second-order valence-corrected chi connectivity index (χ2v) is 7.11. The van der Waals surface area contributed by atoms with E-state index in [4.69, 9.17) is 0 Å². The van der Waals surface area contributed by atoms with E-state index in [1.54, 1.807) is 0 Å². The van der Waals surface area contributed by atoms with Crippen LogP contribution in [0.1, 0.15) is 46.8 Å². The monoisotopic (exact) mass is 381 g/mol. The third-order valence-electron chi connectivity index (χ3n) is 5.21. The summed E-state index contributed by atoms with van der Waals surface area (Å²) in [6, 6.07) is 11.4. The lowest BCUT2D eigenvalue weighted by Crippen LogP contribution is -2.50. The smallest absolute Gasteiger partial charge is 0.254 e. The first-order chi connectivity index (χ1) is 13.5. The van der Waals surface area contributed by atoms with Crippen LogP contribution in [0.2, 0.25) is 0 Å². The molecule has 1 fully saturated rings. The van der Waals surface area contributed by atoms with Crippen LogP contribution in [0.4, 0.5) is 10.1 Å². The van der Waals surface area contributed by atoms with E-state index in [-0.39, 0.29) is 29.5 Å². The minimum absolute atomic E-state index is 0.0568. The molecule has 4 rings (SSSR count). The van der Waals surface area contributed by atoms with Gasteiger partial charge in [-0.25, -0.2) is 4.39 Å². The number of hydrogen-bond donors (Lipinski definition) is 3. The Kier molecular flexibility index (Phi) is 4.81. The zero-order chi connectivity index (χ0) is 19.7. The van der Waals surface area contributed by atoms with Gasteiger partial charge in [0.15, 0.2) is 0 Å². The highest BCUT2D eigenvalue weighted by Crippen LogP contribution is 2.28. The van der Waals surface area contributed by atoms with Gasteiger partial charge in [0.1, 0.15) is 5.82 Å². The van der Waals surface area contributed by atoms with E-state index in [0.29, 0.717) is 31.4 Å². The van der Waals surface area contributed by atoms with Gasteiger partial charge in [0.2, 0.25) is 11.8 Å². The average molecular weight is 381 g/mol. The van der Waals surface area contributed by atoms with Crippen LogP contribution in [-0.2, 0) is 16.0 Å². The minimum Gasteiger partial charge on any atom is -0.347 e. The molecular formula is C21H20FN3O3. The maximum atomic E-state index is 14.5. The van der Waals surface area contributed by atoms with Crippen LogP contribution >= 0.6 is 0 Å². The molecule has 2 heterocycles. The van der Waals surface area contributed by atoms with Gasteiger partial charge in [0.05, 0.1) is 17.6 Å². The molecule has 0 saturated carbocycles. The van der Waals surface area contributed by atoms with Crippen molar-refractivity contribution in [3.8, 4) is 0 Å². The molecular weight excluding hydrogens is 361 g/mol. The fourth-order valence-electron chi connectivity index (χ4n) is 3.75. The molecule has 2 aliphatic rings. The quantitative estimate of drug-likeness (QED) is 0.763. The highest BCUT2D eigenvalue weighted by atomic mass is 19.1. The number of nitrogens with one attached hydrogen (secondary N) is 3. The molecule has 7 heteroatoms. The van der Waals surface area contributed by atoms with E-state index in [0.717, 1.165) is 11.1 Å². The summed E-state index contributed by atoms with van der Waals surface area (Å²) in [7, 11) is 0. The zero-order valence-corrected chi connectivity index (χ0v) is 15.1. The number of piperidine rings is 1. The molecule has 1 saturated heterocycles. The lowest BCUT2D eigenvalue weighted by molar-refractivity contribution is -0.124. The molecule has 2 atom stereocenters. The highest BCUT2D eigenvalue weighted by Gasteiger charge is 2.32. The van der Waals surface area contributed by atoms with E-state index in [1.807, 2.05) is 30.3 Å². The van der Waals surface area contributed by atoms with Crippen LogP contribution in [0.15, 0.2) is 42.5 Å². The molecule has 3 N–H and O–H groups in total. The van der Waals surface area contributed by atoms with E-state index in [1.165, 1.54) is 12.1 Å². The highest BCUT2D eigenvalue weighted by molar-refractivity contribution is 5.98. The van der Waals surface area contributed by atoms with Gasteiger partial charge in [-0.05, 0) is 36.1 Å². The number of amides is 3. The number of rotatable bonds is 3. The largest absolute Gasteiger partial charge is 0.347 e. The summed E-state index contributed by atoms with van der Waals surface area (Å²) in [4.78, 5) is 36.1. The van der Waals surface area contributed by atoms with Crippen molar-refractivity contribution in [2.24, 2.45) is 0 Å². The Hall–Kier alpha value is -3.22. The van der Waals surface area contributed by atoms with Gasteiger partial charge in [-0.2, -0.15) is 0 Å². The van der Waals surface area contributed by atoms with Crippen LogP contribution in [-0.4, -0.2) is 23.8 Å². The predicted octanol–water partition coefficient (Wildman–Crippen LogP) is 2.46. The number of aryl methyl sites for hydroxylation is 1. The third kappa shape index (κ3) is 3.60. The maximum Gasteiger partial charge on any atom is 0.254 e. The van der Waals surface area contributed by atoms with Gasteiger partial charge in [-0.3, -0.25) is 14.4 Å². The predicted molar refractivity (Wildman–Crippen MR) is 101 cm³/mol. The molecule has 6 nitrogen and oxygen atoms in total. The molecule has 0 unspecified atom stereocenters. The molecule has 0 radical (unpaired) electrons. The van der Waals surface area contributed by atoms with E-state index >= 15 is 0 Å². The minimum atomic E-state index is -0.686. The first kappa shape index (κ1) is 18.2. The SMILES string of the molecule is O=C1CCc2cc(C(=O)N[C@@H]3CCC(=O)N[C@H]3c3ccccc3)c(F)cc2N1. The topological polar surface area (TPSA) is 87.3 Å². The fourth-order valence-corrected chi connectivity index (χ4v) is 3.75. The second kappa shape index (κ2) is 7.42. The van der Waals surface area contributed by atoms with E-state index in [9.17, 15) is 18.8 Å².